The fraction of sp³-hybridized carbons (Fsp3) is 0.417. The van der Waals surface area contributed by atoms with E-state index in [1.807, 2.05) is 0 Å². The van der Waals surface area contributed by atoms with Crippen molar-refractivity contribution in [2.75, 3.05) is 0 Å². The highest BCUT2D eigenvalue weighted by molar-refractivity contribution is 6.05. The molecule has 0 aromatic rings. The Morgan fingerprint density at radius 1 is 1.08 bits per heavy atom. The Kier molecular flexibility index (Phi) is 1.51. The van der Waals surface area contributed by atoms with Crippen molar-refractivity contribution in [1.29, 1.82) is 0 Å². The lowest BCUT2D eigenvalue weighted by Gasteiger charge is -2.14. The van der Waals surface area contributed by atoms with Gasteiger partial charge in [0.25, 0.3) is 0 Å². The number of hydrogen-bond donors (Lipinski definition) is 0. The van der Waals surface area contributed by atoms with Crippen LogP contribution in [0.15, 0.2) is 40.1 Å². The highest BCUT2D eigenvalue weighted by atomic mass is 14.8. The molecule has 1 heterocycles. The Balaban J connectivity index is 2.10. The van der Waals surface area contributed by atoms with Gasteiger partial charge in [-0.05, 0) is 49.3 Å². The molecule has 1 nitrogen and oxygen atoms in total. The van der Waals surface area contributed by atoms with E-state index in [0.29, 0.717) is 0 Å². The number of hydrogen-bond acceptors (Lipinski definition) is 1. The Bertz CT molecular complexity index is 367. The largest absolute Gasteiger partial charge is 0.253 e. The van der Waals surface area contributed by atoms with Crippen molar-refractivity contribution in [3.8, 4) is 0 Å². The number of allylic oxidation sites excluding steroid dienone is 5. The number of aliphatic imine (C=N–C) groups is 1. The van der Waals surface area contributed by atoms with Crippen LogP contribution in [0.1, 0.15) is 32.1 Å². The van der Waals surface area contributed by atoms with Crippen molar-refractivity contribution in [2.24, 2.45) is 4.99 Å². The van der Waals surface area contributed by atoms with Gasteiger partial charge in [-0.25, -0.2) is 0 Å². The van der Waals surface area contributed by atoms with Crippen LogP contribution in [0.5, 0.6) is 0 Å². The first kappa shape index (κ1) is 7.31. The molecule has 0 radical (unpaired) electrons. The van der Waals surface area contributed by atoms with E-state index in [-0.39, 0.29) is 0 Å². The Morgan fingerprint density at radius 3 is 3.00 bits per heavy atom. The van der Waals surface area contributed by atoms with E-state index in [2.05, 4.69) is 23.2 Å². The van der Waals surface area contributed by atoms with Gasteiger partial charge in [0.1, 0.15) is 0 Å². The second-order valence-electron chi connectivity index (χ2n) is 3.91. The van der Waals surface area contributed by atoms with Gasteiger partial charge in [-0.15, -0.1) is 0 Å². The molecule has 0 aromatic heterocycles. The van der Waals surface area contributed by atoms with Crippen molar-refractivity contribution in [2.45, 2.75) is 32.1 Å². The zero-order chi connectivity index (χ0) is 8.67. The van der Waals surface area contributed by atoms with Crippen LogP contribution in [0, 0.1) is 0 Å². The quantitative estimate of drug-likeness (QED) is 0.531. The third kappa shape index (κ3) is 1.03. The number of nitrogens with zero attached hydrogens (tertiary/aromatic N) is 1. The SMILES string of the molecule is C1=CCC2=C3CCCCC3=NC2=C1. The van der Waals surface area contributed by atoms with E-state index < -0.39 is 0 Å². The molecule has 66 valence electrons. The smallest absolute Gasteiger partial charge is 0.0671 e. The summed E-state index contributed by atoms with van der Waals surface area (Å²) in [7, 11) is 0. The first-order chi connectivity index (χ1) is 6.45. The first-order valence-electron chi connectivity index (χ1n) is 5.12. The second kappa shape index (κ2) is 2.69. The van der Waals surface area contributed by atoms with Gasteiger partial charge in [0, 0.05) is 5.71 Å². The lowest BCUT2D eigenvalue weighted by atomic mass is 9.89. The highest BCUT2D eigenvalue weighted by Gasteiger charge is 2.25. The molecule has 3 rings (SSSR count). The van der Waals surface area contributed by atoms with Crippen LogP contribution >= 0.6 is 0 Å². The third-order valence-electron chi connectivity index (χ3n) is 3.08. The van der Waals surface area contributed by atoms with E-state index in [0.717, 1.165) is 6.42 Å². The predicted molar refractivity (Wildman–Crippen MR) is 54.8 cm³/mol. The lowest BCUT2D eigenvalue weighted by molar-refractivity contribution is 0.733. The minimum atomic E-state index is 1.11. The minimum Gasteiger partial charge on any atom is -0.253 e. The zero-order valence-corrected chi connectivity index (χ0v) is 7.71. The Labute approximate surface area is 78.6 Å². The molecule has 1 aliphatic heterocycles. The molecule has 0 N–H and O–H groups in total. The van der Waals surface area contributed by atoms with Gasteiger partial charge in [0.05, 0.1) is 5.70 Å². The highest BCUT2D eigenvalue weighted by Crippen LogP contribution is 2.37. The van der Waals surface area contributed by atoms with Gasteiger partial charge in [-0.1, -0.05) is 12.2 Å². The normalized spacial score (nSPS) is 25.2. The maximum absolute atomic E-state index is 4.68. The van der Waals surface area contributed by atoms with Crippen LogP contribution < -0.4 is 0 Å². The van der Waals surface area contributed by atoms with Gasteiger partial charge < -0.3 is 0 Å². The Hall–Kier alpha value is -1.11. The summed E-state index contributed by atoms with van der Waals surface area (Å²) in [5.41, 5.74) is 5.71. The van der Waals surface area contributed by atoms with Gasteiger partial charge in [0.2, 0.25) is 0 Å². The molecule has 2 aliphatic carbocycles. The molecular formula is C12H13N. The van der Waals surface area contributed by atoms with Crippen LogP contribution in [-0.4, -0.2) is 5.71 Å². The maximum Gasteiger partial charge on any atom is 0.0671 e. The van der Waals surface area contributed by atoms with Crippen molar-refractivity contribution >= 4 is 5.71 Å². The number of rotatable bonds is 0. The van der Waals surface area contributed by atoms with E-state index in [4.69, 9.17) is 0 Å². The molecule has 0 unspecified atom stereocenters. The van der Waals surface area contributed by atoms with Crippen molar-refractivity contribution in [1.82, 2.24) is 0 Å². The van der Waals surface area contributed by atoms with Crippen molar-refractivity contribution in [3.63, 3.8) is 0 Å². The van der Waals surface area contributed by atoms with Gasteiger partial charge in [-0.3, -0.25) is 4.99 Å². The molecule has 13 heavy (non-hydrogen) atoms. The van der Waals surface area contributed by atoms with Crippen LogP contribution in [-0.2, 0) is 0 Å². The molecule has 0 saturated heterocycles. The average molecular weight is 171 g/mol. The number of fused-ring (bicyclic) bond motifs is 2. The van der Waals surface area contributed by atoms with Crippen LogP contribution in [0.4, 0.5) is 0 Å². The second-order valence-corrected chi connectivity index (χ2v) is 3.91. The molecule has 0 amide bonds. The Morgan fingerprint density at radius 2 is 2.00 bits per heavy atom. The fourth-order valence-electron chi connectivity index (χ4n) is 2.42. The summed E-state index contributed by atoms with van der Waals surface area (Å²) in [6.07, 6.45) is 12.8. The summed E-state index contributed by atoms with van der Waals surface area (Å²) < 4.78 is 0. The molecule has 1 fully saturated rings. The molecule has 0 spiro atoms. The summed E-state index contributed by atoms with van der Waals surface area (Å²) >= 11 is 0. The van der Waals surface area contributed by atoms with E-state index in [9.17, 15) is 0 Å². The summed E-state index contributed by atoms with van der Waals surface area (Å²) in [6, 6.07) is 0. The van der Waals surface area contributed by atoms with Crippen molar-refractivity contribution in [3.05, 3.63) is 35.1 Å². The van der Waals surface area contributed by atoms with E-state index in [1.165, 1.54) is 42.7 Å². The molecule has 1 saturated carbocycles. The molecule has 3 aliphatic rings. The summed E-state index contributed by atoms with van der Waals surface area (Å²) in [6.45, 7) is 0. The standard InChI is InChI=1S/C12H13N/c1-3-7-11-9(5-1)10-6-2-4-8-12(10)13-11/h1,3,7H,2,4-6,8H2. The first-order valence-corrected chi connectivity index (χ1v) is 5.12. The molecule has 1 heteroatoms. The molecule has 0 aromatic carbocycles. The lowest BCUT2D eigenvalue weighted by Crippen LogP contribution is -2.07. The van der Waals surface area contributed by atoms with E-state index in [1.54, 1.807) is 5.57 Å². The molecular weight excluding hydrogens is 158 g/mol. The van der Waals surface area contributed by atoms with E-state index >= 15 is 0 Å². The summed E-state index contributed by atoms with van der Waals surface area (Å²) in [5, 5.41) is 0. The zero-order valence-electron chi connectivity index (χ0n) is 7.71. The monoisotopic (exact) mass is 171 g/mol. The molecule has 0 atom stereocenters. The van der Waals surface area contributed by atoms with Gasteiger partial charge in [0.15, 0.2) is 0 Å². The molecule has 0 bridgehead atoms. The van der Waals surface area contributed by atoms with Gasteiger partial charge >= 0.3 is 0 Å². The minimum absolute atomic E-state index is 1.11. The van der Waals surface area contributed by atoms with Crippen molar-refractivity contribution < 1.29 is 0 Å². The third-order valence-corrected chi connectivity index (χ3v) is 3.08. The average Bonchev–Trinajstić information content (AvgIpc) is 2.56. The van der Waals surface area contributed by atoms with Crippen LogP contribution in [0.3, 0.4) is 0 Å². The summed E-state index contributed by atoms with van der Waals surface area (Å²) in [4.78, 5) is 4.68. The maximum atomic E-state index is 4.68. The summed E-state index contributed by atoms with van der Waals surface area (Å²) in [5.74, 6) is 0. The van der Waals surface area contributed by atoms with Crippen LogP contribution in [0.25, 0.3) is 0 Å². The van der Waals surface area contributed by atoms with Crippen LogP contribution in [0.2, 0.25) is 0 Å². The van der Waals surface area contributed by atoms with Gasteiger partial charge in [-0.2, -0.15) is 0 Å². The fourth-order valence-corrected chi connectivity index (χ4v) is 2.42. The topological polar surface area (TPSA) is 12.4 Å². The predicted octanol–water partition coefficient (Wildman–Crippen LogP) is 3.16.